The number of hydrogen-bond donors (Lipinski definition) is 1. The molecule has 0 bridgehead atoms. The van der Waals surface area contributed by atoms with Crippen LogP contribution >= 0.6 is 11.3 Å². The minimum Gasteiger partial charge on any atom is -0.379 e. The highest BCUT2D eigenvalue weighted by Crippen LogP contribution is 2.14. The van der Waals surface area contributed by atoms with Crippen LogP contribution < -0.4 is 5.43 Å². The van der Waals surface area contributed by atoms with Gasteiger partial charge in [-0.05, 0) is 18.1 Å². The first-order chi connectivity index (χ1) is 10.8. The Hall–Kier alpha value is -1.76. The van der Waals surface area contributed by atoms with Gasteiger partial charge in [-0.15, -0.1) is 11.3 Å². The lowest BCUT2D eigenvalue weighted by Gasteiger charge is -2.26. The Morgan fingerprint density at radius 3 is 2.77 bits per heavy atom. The topological polar surface area (TPSA) is 49.8 Å². The van der Waals surface area contributed by atoms with Gasteiger partial charge in [0.2, 0.25) is 5.13 Å². The van der Waals surface area contributed by atoms with Gasteiger partial charge in [-0.25, -0.2) is 4.98 Å². The molecule has 0 aliphatic carbocycles. The summed E-state index contributed by atoms with van der Waals surface area (Å²) in [6, 6.07) is 8.50. The molecule has 1 fully saturated rings. The summed E-state index contributed by atoms with van der Waals surface area (Å²) in [5, 5.41) is 7.03. The molecule has 6 heteroatoms. The van der Waals surface area contributed by atoms with E-state index in [0.717, 1.165) is 49.2 Å². The summed E-state index contributed by atoms with van der Waals surface area (Å²) in [4.78, 5) is 6.71. The predicted octanol–water partition coefficient (Wildman–Crippen LogP) is 2.73. The molecule has 0 amide bonds. The Morgan fingerprint density at radius 2 is 2.09 bits per heavy atom. The van der Waals surface area contributed by atoms with Gasteiger partial charge in [-0.1, -0.05) is 24.3 Å². The van der Waals surface area contributed by atoms with E-state index in [1.807, 2.05) is 18.5 Å². The zero-order valence-electron chi connectivity index (χ0n) is 12.7. The minimum atomic E-state index is 0.817. The van der Waals surface area contributed by atoms with E-state index in [1.165, 1.54) is 5.56 Å². The quantitative estimate of drug-likeness (QED) is 0.681. The molecule has 0 radical (unpaired) electrons. The summed E-state index contributed by atoms with van der Waals surface area (Å²) >= 11 is 1.55. The fraction of sp³-hybridized carbons (Fsp3) is 0.375. The van der Waals surface area contributed by atoms with Crippen molar-refractivity contribution in [2.24, 2.45) is 5.10 Å². The molecule has 0 spiro atoms. The third-order valence-electron chi connectivity index (χ3n) is 3.48. The van der Waals surface area contributed by atoms with Crippen molar-refractivity contribution < 1.29 is 4.74 Å². The maximum absolute atomic E-state index is 5.37. The average Bonchev–Trinajstić information content (AvgIpc) is 2.96. The minimum absolute atomic E-state index is 0.817. The summed E-state index contributed by atoms with van der Waals surface area (Å²) in [7, 11) is 0. The molecule has 1 aromatic carbocycles. The maximum atomic E-state index is 5.37. The van der Waals surface area contributed by atoms with E-state index in [9.17, 15) is 0 Å². The molecule has 1 aromatic heterocycles. The highest BCUT2D eigenvalue weighted by atomic mass is 32.1. The molecule has 1 aliphatic heterocycles. The van der Waals surface area contributed by atoms with E-state index in [2.05, 4.69) is 44.7 Å². The van der Waals surface area contributed by atoms with Crippen LogP contribution in [0.1, 0.15) is 16.8 Å². The normalized spacial score (nSPS) is 16.2. The molecule has 1 saturated heterocycles. The number of anilines is 1. The van der Waals surface area contributed by atoms with Crippen LogP contribution in [0.3, 0.4) is 0 Å². The monoisotopic (exact) mass is 316 g/mol. The molecule has 5 nitrogen and oxygen atoms in total. The molecule has 1 N–H and O–H groups in total. The van der Waals surface area contributed by atoms with E-state index in [1.54, 1.807) is 11.3 Å². The lowest BCUT2D eigenvalue weighted by atomic mass is 10.1. The highest BCUT2D eigenvalue weighted by molar-refractivity contribution is 7.13. The molecule has 22 heavy (non-hydrogen) atoms. The number of nitrogens with one attached hydrogen (secondary N) is 1. The molecule has 0 atom stereocenters. The summed E-state index contributed by atoms with van der Waals surface area (Å²) in [5.41, 5.74) is 6.36. The third kappa shape index (κ3) is 4.37. The number of aromatic nitrogens is 1. The van der Waals surface area contributed by atoms with Crippen molar-refractivity contribution in [3.63, 3.8) is 0 Å². The fourth-order valence-electron chi connectivity index (χ4n) is 2.29. The Balaban J connectivity index is 1.52. The van der Waals surface area contributed by atoms with Crippen molar-refractivity contribution in [2.75, 3.05) is 31.7 Å². The van der Waals surface area contributed by atoms with Crippen LogP contribution in [-0.2, 0) is 11.3 Å². The van der Waals surface area contributed by atoms with Gasteiger partial charge < -0.3 is 4.74 Å². The van der Waals surface area contributed by atoms with Gasteiger partial charge in [0.15, 0.2) is 0 Å². The van der Waals surface area contributed by atoms with Gasteiger partial charge in [-0.2, -0.15) is 5.10 Å². The zero-order valence-corrected chi connectivity index (χ0v) is 13.5. The van der Waals surface area contributed by atoms with Gasteiger partial charge in [0, 0.05) is 25.0 Å². The van der Waals surface area contributed by atoms with Crippen LogP contribution in [0.5, 0.6) is 0 Å². The average molecular weight is 316 g/mol. The number of morpholine rings is 1. The third-order valence-corrected chi connectivity index (χ3v) is 4.35. The second kappa shape index (κ2) is 7.49. The number of ether oxygens (including phenoxy) is 1. The summed E-state index contributed by atoms with van der Waals surface area (Å²) in [5.74, 6) is 0. The van der Waals surface area contributed by atoms with E-state index in [0.29, 0.717) is 0 Å². The van der Waals surface area contributed by atoms with Crippen LogP contribution in [0.15, 0.2) is 34.7 Å². The van der Waals surface area contributed by atoms with Crippen LogP contribution in [0.2, 0.25) is 0 Å². The van der Waals surface area contributed by atoms with Crippen molar-refractivity contribution in [3.8, 4) is 0 Å². The van der Waals surface area contributed by atoms with Crippen molar-refractivity contribution in [2.45, 2.75) is 13.5 Å². The highest BCUT2D eigenvalue weighted by Gasteiger charge is 2.10. The number of hydrazone groups is 1. The van der Waals surface area contributed by atoms with Crippen LogP contribution in [-0.4, -0.2) is 42.4 Å². The van der Waals surface area contributed by atoms with Gasteiger partial charge in [0.1, 0.15) is 0 Å². The molecule has 3 rings (SSSR count). The first kappa shape index (κ1) is 15.1. The Kier molecular flexibility index (Phi) is 5.15. The van der Waals surface area contributed by atoms with Crippen LogP contribution in [0.4, 0.5) is 5.13 Å². The Morgan fingerprint density at radius 1 is 1.32 bits per heavy atom. The number of rotatable bonds is 5. The Bertz CT molecular complexity index is 617. The SMILES string of the molecule is Cc1csc(NN=Cc2ccc(CN3CCOCC3)cc2)n1. The molecular formula is C16H20N4OS. The van der Waals surface area contributed by atoms with Gasteiger partial charge in [-0.3, -0.25) is 10.3 Å². The standard InChI is InChI=1S/C16H20N4OS/c1-13-12-22-16(18-13)19-17-10-14-2-4-15(5-3-14)11-20-6-8-21-9-7-20/h2-5,10,12H,6-9,11H2,1H3,(H,18,19). The van der Waals surface area contributed by atoms with Crippen molar-refractivity contribution in [1.29, 1.82) is 0 Å². The van der Waals surface area contributed by atoms with Gasteiger partial charge in [0.05, 0.1) is 25.1 Å². The molecule has 1 aliphatic rings. The molecule has 116 valence electrons. The number of thiazole rings is 1. The van der Waals surface area contributed by atoms with E-state index < -0.39 is 0 Å². The summed E-state index contributed by atoms with van der Waals surface area (Å²) in [6.07, 6.45) is 1.81. The fourth-order valence-corrected chi connectivity index (χ4v) is 2.93. The smallest absolute Gasteiger partial charge is 0.203 e. The summed E-state index contributed by atoms with van der Waals surface area (Å²) in [6.45, 7) is 6.66. The maximum Gasteiger partial charge on any atom is 0.203 e. The second-order valence-corrected chi connectivity index (χ2v) is 6.15. The number of benzene rings is 1. The first-order valence-electron chi connectivity index (χ1n) is 7.40. The van der Waals surface area contributed by atoms with Crippen LogP contribution in [0.25, 0.3) is 0 Å². The second-order valence-electron chi connectivity index (χ2n) is 5.29. The molecule has 0 unspecified atom stereocenters. The largest absolute Gasteiger partial charge is 0.379 e. The zero-order chi connectivity index (χ0) is 15.2. The lowest BCUT2D eigenvalue weighted by molar-refractivity contribution is 0.0342. The van der Waals surface area contributed by atoms with Crippen molar-refractivity contribution in [3.05, 3.63) is 46.5 Å². The Labute approximate surface area is 134 Å². The molecule has 0 saturated carbocycles. The molecular weight excluding hydrogens is 296 g/mol. The first-order valence-corrected chi connectivity index (χ1v) is 8.28. The van der Waals surface area contributed by atoms with Gasteiger partial charge in [0.25, 0.3) is 0 Å². The number of aryl methyl sites for hydroxylation is 1. The predicted molar refractivity (Wildman–Crippen MR) is 90.6 cm³/mol. The van der Waals surface area contributed by atoms with E-state index in [-0.39, 0.29) is 0 Å². The number of nitrogens with zero attached hydrogens (tertiary/aromatic N) is 3. The molecule has 2 aromatic rings. The van der Waals surface area contributed by atoms with E-state index >= 15 is 0 Å². The van der Waals surface area contributed by atoms with Crippen LogP contribution in [0, 0.1) is 6.92 Å². The summed E-state index contributed by atoms with van der Waals surface area (Å²) < 4.78 is 5.37. The lowest BCUT2D eigenvalue weighted by Crippen LogP contribution is -2.35. The van der Waals surface area contributed by atoms with Crippen molar-refractivity contribution >= 4 is 22.7 Å². The van der Waals surface area contributed by atoms with Gasteiger partial charge >= 0.3 is 0 Å². The number of hydrogen-bond acceptors (Lipinski definition) is 6. The van der Waals surface area contributed by atoms with Crippen molar-refractivity contribution in [1.82, 2.24) is 9.88 Å². The molecule has 2 heterocycles. The van der Waals surface area contributed by atoms with E-state index in [4.69, 9.17) is 4.74 Å².